The number of likely N-dealkylation sites (tertiary alicyclic amines) is 1. The van der Waals surface area contributed by atoms with Crippen LogP contribution in [0.2, 0.25) is 5.02 Å². The van der Waals surface area contributed by atoms with Crippen LogP contribution in [0.25, 0.3) is 0 Å². The normalized spacial score (nSPS) is 26.0. The van der Waals surface area contributed by atoms with Gasteiger partial charge in [0.15, 0.2) is 11.5 Å². The van der Waals surface area contributed by atoms with Gasteiger partial charge in [-0.15, -0.1) is 0 Å². The van der Waals surface area contributed by atoms with Crippen molar-refractivity contribution in [1.82, 2.24) is 9.80 Å². The number of hydrogen-bond donors (Lipinski definition) is 0. The van der Waals surface area contributed by atoms with Gasteiger partial charge >= 0.3 is 0 Å². The van der Waals surface area contributed by atoms with Gasteiger partial charge in [-0.05, 0) is 18.7 Å². The quantitative estimate of drug-likeness (QED) is 0.844. The highest BCUT2D eigenvalue weighted by atomic mass is 35.5. The average molecular weight is 327 g/mol. The number of methoxy groups -OCH3 is 2. The summed E-state index contributed by atoms with van der Waals surface area (Å²) in [5, 5.41) is 0.631. The van der Waals surface area contributed by atoms with Crippen LogP contribution in [-0.2, 0) is 11.3 Å². The molecule has 1 aromatic rings. The van der Waals surface area contributed by atoms with E-state index in [9.17, 15) is 0 Å². The fourth-order valence-electron chi connectivity index (χ4n) is 3.36. The van der Waals surface area contributed by atoms with E-state index in [0.717, 1.165) is 38.3 Å². The van der Waals surface area contributed by atoms with Gasteiger partial charge in [-0.3, -0.25) is 9.80 Å². The fourth-order valence-corrected chi connectivity index (χ4v) is 3.65. The zero-order chi connectivity index (χ0) is 15.7. The lowest BCUT2D eigenvalue weighted by molar-refractivity contribution is -0.0370. The molecule has 122 valence electrons. The van der Waals surface area contributed by atoms with Crippen molar-refractivity contribution in [2.45, 2.75) is 18.7 Å². The standard InChI is InChI=1S/C16H23ClN2O3/c1-18-6-7-22-14-10-19(9-12(14)18)8-11-4-5-13(20-2)16(21-3)15(11)17/h4-5,12,14H,6-10H2,1-3H3. The molecular formula is C16H23ClN2O3. The molecule has 0 aromatic heterocycles. The Kier molecular flexibility index (Phi) is 4.78. The van der Waals surface area contributed by atoms with Crippen LogP contribution in [0.5, 0.6) is 11.5 Å². The molecule has 1 aromatic carbocycles. The molecule has 0 radical (unpaired) electrons. The van der Waals surface area contributed by atoms with E-state index in [-0.39, 0.29) is 0 Å². The van der Waals surface area contributed by atoms with Crippen molar-refractivity contribution < 1.29 is 14.2 Å². The lowest BCUT2D eigenvalue weighted by Crippen LogP contribution is -2.48. The first kappa shape index (κ1) is 15.9. The second kappa shape index (κ2) is 6.62. The van der Waals surface area contributed by atoms with E-state index < -0.39 is 0 Å². The van der Waals surface area contributed by atoms with E-state index in [2.05, 4.69) is 16.8 Å². The van der Waals surface area contributed by atoms with Gasteiger partial charge in [0.2, 0.25) is 0 Å². The summed E-state index contributed by atoms with van der Waals surface area (Å²) in [5.41, 5.74) is 1.06. The Balaban J connectivity index is 1.74. The molecule has 2 saturated heterocycles. The molecule has 2 aliphatic rings. The summed E-state index contributed by atoms with van der Waals surface area (Å²) in [6.45, 7) is 4.57. The number of ether oxygens (including phenoxy) is 3. The largest absolute Gasteiger partial charge is 0.493 e. The van der Waals surface area contributed by atoms with E-state index in [1.54, 1.807) is 14.2 Å². The minimum Gasteiger partial charge on any atom is -0.493 e. The van der Waals surface area contributed by atoms with E-state index in [1.165, 1.54) is 0 Å². The number of hydrogen-bond acceptors (Lipinski definition) is 5. The van der Waals surface area contributed by atoms with Gasteiger partial charge in [0.05, 0.1) is 32.0 Å². The molecule has 5 nitrogen and oxygen atoms in total. The van der Waals surface area contributed by atoms with Crippen LogP contribution in [0.1, 0.15) is 5.56 Å². The van der Waals surface area contributed by atoms with Crippen molar-refractivity contribution in [3.8, 4) is 11.5 Å². The van der Waals surface area contributed by atoms with E-state index in [0.29, 0.717) is 28.7 Å². The van der Waals surface area contributed by atoms with E-state index >= 15 is 0 Å². The number of benzene rings is 1. The van der Waals surface area contributed by atoms with Crippen molar-refractivity contribution in [2.75, 3.05) is 47.5 Å². The maximum atomic E-state index is 6.48. The van der Waals surface area contributed by atoms with Gasteiger partial charge in [0.25, 0.3) is 0 Å². The minimum absolute atomic E-state index is 0.303. The Labute approximate surface area is 136 Å². The highest BCUT2D eigenvalue weighted by Gasteiger charge is 2.38. The predicted molar refractivity (Wildman–Crippen MR) is 86.0 cm³/mol. The van der Waals surface area contributed by atoms with Crippen LogP contribution in [0.4, 0.5) is 0 Å². The third kappa shape index (κ3) is 2.91. The van der Waals surface area contributed by atoms with Crippen LogP contribution in [0, 0.1) is 0 Å². The second-order valence-corrected chi connectivity index (χ2v) is 6.30. The molecule has 0 spiro atoms. The lowest BCUT2D eigenvalue weighted by atomic mass is 10.1. The van der Waals surface area contributed by atoms with Crippen molar-refractivity contribution in [3.63, 3.8) is 0 Å². The molecular weight excluding hydrogens is 304 g/mol. The SMILES string of the molecule is COc1ccc(CN2CC3OCCN(C)C3C2)c(Cl)c1OC. The predicted octanol–water partition coefficient (Wildman–Crippen LogP) is 1.87. The summed E-state index contributed by atoms with van der Waals surface area (Å²) >= 11 is 6.48. The Morgan fingerprint density at radius 1 is 1.27 bits per heavy atom. The maximum Gasteiger partial charge on any atom is 0.179 e. The van der Waals surface area contributed by atoms with Crippen molar-refractivity contribution in [1.29, 1.82) is 0 Å². The maximum absolute atomic E-state index is 6.48. The third-order valence-electron chi connectivity index (χ3n) is 4.61. The molecule has 0 amide bonds. The van der Waals surface area contributed by atoms with Gasteiger partial charge in [0.1, 0.15) is 0 Å². The van der Waals surface area contributed by atoms with Gasteiger partial charge in [-0.1, -0.05) is 17.7 Å². The second-order valence-electron chi connectivity index (χ2n) is 5.93. The summed E-state index contributed by atoms with van der Waals surface area (Å²) in [7, 11) is 5.40. The third-order valence-corrected chi connectivity index (χ3v) is 5.03. The fraction of sp³-hybridized carbons (Fsp3) is 0.625. The topological polar surface area (TPSA) is 34.2 Å². The van der Waals surface area contributed by atoms with Crippen molar-refractivity contribution >= 4 is 11.6 Å². The Hall–Kier alpha value is -1.01. The highest BCUT2D eigenvalue weighted by molar-refractivity contribution is 6.33. The molecule has 0 N–H and O–H groups in total. The first-order chi connectivity index (χ1) is 10.6. The van der Waals surface area contributed by atoms with Crippen molar-refractivity contribution in [3.05, 3.63) is 22.7 Å². The molecule has 0 saturated carbocycles. The average Bonchev–Trinajstić information content (AvgIpc) is 2.93. The molecule has 0 bridgehead atoms. The molecule has 2 fully saturated rings. The molecule has 2 aliphatic heterocycles. The molecule has 6 heteroatoms. The molecule has 2 heterocycles. The monoisotopic (exact) mass is 326 g/mol. The number of likely N-dealkylation sites (N-methyl/N-ethyl adjacent to an activating group) is 1. The zero-order valence-electron chi connectivity index (χ0n) is 13.3. The number of morpholine rings is 1. The molecule has 2 atom stereocenters. The van der Waals surface area contributed by atoms with Gasteiger partial charge in [-0.25, -0.2) is 0 Å². The van der Waals surface area contributed by atoms with Crippen LogP contribution in [0.3, 0.4) is 0 Å². The Bertz CT molecular complexity index is 540. The summed E-state index contributed by atoms with van der Waals surface area (Å²) in [6.07, 6.45) is 0.303. The van der Waals surface area contributed by atoms with E-state index in [1.807, 2.05) is 12.1 Å². The summed E-state index contributed by atoms with van der Waals surface area (Å²) < 4.78 is 16.5. The molecule has 2 unspecified atom stereocenters. The Morgan fingerprint density at radius 3 is 2.77 bits per heavy atom. The molecule has 3 rings (SSSR count). The van der Waals surface area contributed by atoms with Crippen LogP contribution in [0.15, 0.2) is 12.1 Å². The van der Waals surface area contributed by atoms with Crippen molar-refractivity contribution in [2.24, 2.45) is 0 Å². The summed E-state index contributed by atoms with van der Waals surface area (Å²) in [6, 6.07) is 4.40. The summed E-state index contributed by atoms with van der Waals surface area (Å²) in [5.74, 6) is 1.26. The number of rotatable bonds is 4. The van der Waals surface area contributed by atoms with Gasteiger partial charge < -0.3 is 14.2 Å². The van der Waals surface area contributed by atoms with Gasteiger partial charge in [0, 0.05) is 32.2 Å². The summed E-state index contributed by atoms with van der Waals surface area (Å²) in [4.78, 5) is 4.79. The van der Waals surface area contributed by atoms with Gasteiger partial charge in [-0.2, -0.15) is 0 Å². The van der Waals surface area contributed by atoms with E-state index in [4.69, 9.17) is 25.8 Å². The first-order valence-corrected chi connectivity index (χ1v) is 7.95. The highest BCUT2D eigenvalue weighted by Crippen LogP contribution is 2.38. The first-order valence-electron chi connectivity index (χ1n) is 7.57. The Morgan fingerprint density at radius 2 is 2.09 bits per heavy atom. The van der Waals surface area contributed by atoms with Crippen LogP contribution in [-0.4, -0.2) is 69.5 Å². The number of fused-ring (bicyclic) bond motifs is 1. The number of halogens is 1. The van der Waals surface area contributed by atoms with Crippen LogP contribution < -0.4 is 9.47 Å². The molecule has 22 heavy (non-hydrogen) atoms. The smallest absolute Gasteiger partial charge is 0.179 e. The zero-order valence-corrected chi connectivity index (χ0v) is 14.1. The minimum atomic E-state index is 0.303. The lowest BCUT2D eigenvalue weighted by Gasteiger charge is -2.33. The van der Waals surface area contributed by atoms with Crippen LogP contribution >= 0.6 is 11.6 Å². The number of nitrogens with zero attached hydrogens (tertiary/aromatic N) is 2. The molecule has 0 aliphatic carbocycles.